The van der Waals surface area contributed by atoms with E-state index in [2.05, 4.69) is 5.32 Å². The fourth-order valence-corrected chi connectivity index (χ4v) is 4.45. The quantitative estimate of drug-likeness (QED) is 0.824. The lowest BCUT2D eigenvalue weighted by molar-refractivity contribution is -0.114. The Hall–Kier alpha value is -1.48. The zero-order chi connectivity index (χ0) is 17.0. The summed E-state index contributed by atoms with van der Waals surface area (Å²) in [5.74, 6) is -0.203. The highest BCUT2D eigenvalue weighted by atomic mass is 32.2. The summed E-state index contributed by atoms with van der Waals surface area (Å²) >= 11 is 0. The fraction of sp³-hybridized carbons (Fsp3) is 0.533. The number of nitrogens with two attached hydrogens (primary N) is 1. The standard InChI is InChI=1S/C15H23N3O4S/c1-11(19)17-12-3-5-15(6-4-12)23(20,21)18-8-7-14(22-2)9-13(18)10-16/h3-6,13-14H,7-10,16H2,1-2H3,(H,17,19). The molecule has 8 heteroatoms. The first-order valence-electron chi connectivity index (χ1n) is 7.51. The SMILES string of the molecule is COC1CCN(S(=O)(=O)c2ccc(NC(C)=O)cc2)C(CN)C1. The zero-order valence-corrected chi connectivity index (χ0v) is 14.2. The summed E-state index contributed by atoms with van der Waals surface area (Å²) in [6.07, 6.45) is 1.28. The minimum absolute atomic E-state index is 0.0390. The van der Waals surface area contributed by atoms with Gasteiger partial charge in [-0.15, -0.1) is 0 Å². The topological polar surface area (TPSA) is 102 Å². The van der Waals surface area contributed by atoms with Crippen molar-refractivity contribution in [2.75, 3.05) is 25.5 Å². The van der Waals surface area contributed by atoms with Crippen LogP contribution in [0.25, 0.3) is 0 Å². The van der Waals surface area contributed by atoms with E-state index in [0.717, 1.165) is 0 Å². The van der Waals surface area contributed by atoms with Gasteiger partial charge in [0.2, 0.25) is 15.9 Å². The first-order valence-corrected chi connectivity index (χ1v) is 8.95. The maximum Gasteiger partial charge on any atom is 0.243 e. The molecular formula is C15H23N3O4S. The highest BCUT2D eigenvalue weighted by Crippen LogP contribution is 2.27. The van der Waals surface area contributed by atoms with E-state index < -0.39 is 10.0 Å². The largest absolute Gasteiger partial charge is 0.381 e. The van der Waals surface area contributed by atoms with Gasteiger partial charge < -0.3 is 15.8 Å². The number of ether oxygens (including phenoxy) is 1. The number of anilines is 1. The van der Waals surface area contributed by atoms with Crippen LogP contribution in [0.4, 0.5) is 5.69 Å². The lowest BCUT2D eigenvalue weighted by atomic mass is 10.0. The van der Waals surface area contributed by atoms with Gasteiger partial charge in [-0.2, -0.15) is 4.31 Å². The number of rotatable bonds is 5. The monoisotopic (exact) mass is 341 g/mol. The Labute approximate surface area is 136 Å². The van der Waals surface area contributed by atoms with Crippen molar-refractivity contribution in [1.82, 2.24) is 4.31 Å². The van der Waals surface area contributed by atoms with Crippen LogP contribution in [0.3, 0.4) is 0 Å². The second-order valence-corrected chi connectivity index (χ2v) is 7.48. The molecule has 0 saturated carbocycles. The van der Waals surface area contributed by atoms with Gasteiger partial charge in [-0.1, -0.05) is 0 Å². The lowest BCUT2D eigenvalue weighted by Crippen LogP contribution is -2.51. The highest BCUT2D eigenvalue weighted by Gasteiger charge is 2.36. The summed E-state index contributed by atoms with van der Waals surface area (Å²) in [7, 11) is -1.99. The van der Waals surface area contributed by atoms with E-state index in [1.54, 1.807) is 19.2 Å². The molecule has 3 N–H and O–H groups in total. The number of carbonyl (C=O) groups is 1. The maximum absolute atomic E-state index is 12.8. The maximum atomic E-state index is 12.8. The molecule has 1 saturated heterocycles. The summed E-state index contributed by atoms with van der Waals surface area (Å²) in [5, 5.41) is 2.61. The van der Waals surface area contributed by atoms with Crippen molar-refractivity contribution < 1.29 is 17.9 Å². The smallest absolute Gasteiger partial charge is 0.243 e. The van der Waals surface area contributed by atoms with Crippen molar-refractivity contribution in [2.24, 2.45) is 5.73 Å². The van der Waals surface area contributed by atoms with Crippen molar-refractivity contribution >= 4 is 21.6 Å². The van der Waals surface area contributed by atoms with Crippen LogP contribution in [0.15, 0.2) is 29.2 Å². The van der Waals surface area contributed by atoms with E-state index in [0.29, 0.717) is 25.1 Å². The molecule has 1 aromatic rings. The number of piperidine rings is 1. The minimum atomic E-state index is -3.62. The molecule has 1 fully saturated rings. The van der Waals surface area contributed by atoms with Crippen molar-refractivity contribution in [3.8, 4) is 0 Å². The average Bonchev–Trinajstić information content (AvgIpc) is 2.54. The number of methoxy groups -OCH3 is 1. The second-order valence-electron chi connectivity index (χ2n) is 5.59. The van der Waals surface area contributed by atoms with E-state index in [-0.39, 0.29) is 29.5 Å². The number of hydrogen-bond acceptors (Lipinski definition) is 5. The molecule has 1 aliphatic rings. The van der Waals surface area contributed by atoms with E-state index in [1.165, 1.54) is 23.4 Å². The molecule has 1 aliphatic heterocycles. The Bertz CT molecular complexity index is 645. The molecule has 0 aliphatic carbocycles. The third-order valence-electron chi connectivity index (χ3n) is 4.00. The van der Waals surface area contributed by atoms with Gasteiger partial charge in [0.05, 0.1) is 11.0 Å². The average molecular weight is 341 g/mol. The van der Waals surface area contributed by atoms with Gasteiger partial charge in [0.1, 0.15) is 0 Å². The van der Waals surface area contributed by atoms with Crippen molar-refractivity contribution in [3.63, 3.8) is 0 Å². The second kappa shape index (κ2) is 7.39. The lowest BCUT2D eigenvalue weighted by Gasteiger charge is -2.37. The molecule has 0 aromatic heterocycles. The van der Waals surface area contributed by atoms with E-state index in [9.17, 15) is 13.2 Å². The van der Waals surface area contributed by atoms with Crippen LogP contribution in [0.1, 0.15) is 19.8 Å². The molecule has 7 nitrogen and oxygen atoms in total. The van der Waals surface area contributed by atoms with Gasteiger partial charge in [0.15, 0.2) is 0 Å². The number of benzene rings is 1. The van der Waals surface area contributed by atoms with E-state index in [1.807, 2.05) is 0 Å². The molecule has 23 heavy (non-hydrogen) atoms. The third kappa shape index (κ3) is 4.08. The Morgan fingerprint density at radius 2 is 2.04 bits per heavy atom. The number of nitrogens with zero attached hydrogens (tertiary/aromatic N) is 1. The van der Waals surface area contributed by atoms with Crippen LogP contribution in [0.2, 0.25) is 0 Å². The number of carbonyl (C=O) groups excluding carboxylic acids is 1. The predicted molar refractivity (Wildman–Crippen MR) is 87.5 cm³/mol. The summed E-state index contributed by atoms with van der Waals surface area (Å²) in [4.78, 5) is 11.2. The molecular weight excluding hydrogens is 318 g/mol. The van der Waals surface area contributed by atoms with E-state index in [4.69, 9.17) is 10.5 Å². The van der Waals surface area contributed by atoms with Gasteiger partial charge >= 0.3 is 0 Å². The van der Waals surface area contributed by atoms with Crippen LogP contribution >= 0.6 is 0 Å². The number of nitrogens with one attached hydrogen (secondary N) is 1. The Morgan fingerprint density at radius 1 is 1.39 bits per heavy atom. The van der Waals surface area contributed by atoms with Gasteiger partial charge in [-0.05, 0) is 37.1 Å². The normalized spacial score (nSPS) is 22.7. The van der Waals surface area contributed by atoms with Crippen molar-refractivity contribution in [2.45, 2.75) is 36.8 Å². The summed E-state index contributed by atoms with van der Waals surface area (Å²) in [6.45, 7) is 2.04. The molecule has 0 spiro atoms. The van der Waals surface area contributed by atoms with Crippen LogP contribution < -0.4 is 11.1 Å². The molecule has 2 rings (SSSR count). The van der Waals surface area contributed by atoms with Gasteiger partial charge in [-0.3, -0.25) is 4.79 Å². The zero-order valence-electron chi connectivity index (χ0n) is 13.4. The molecule has 1 amide bonds. The first kappa shape index (κ1) is 17.9. The van der Waals surface area contributed by atoms with E-state index >= 15 is 0 Å². The van der Waals surface area contributed by atoms with Crippen LogP contribution in [-0.4, -0.2) is 51.0 Å². The Balaban J connectivity index is 2.21. The number of hydrogen-bond donors (Lipinski definition) is 2. The molecule has 2 unspecified atom stereocenters. The molecule has 0 bridgehead atoms. The fourth-order valence-electron chi connectivity index (χ4n) is 2.79. The third-order valence-corrected chi connectivity index (χ3v) is 5.97. The van der Waals surface area contributed by atoms with Crippen LogP contribution in [0, 0.1) is 0 Å². The number of amides is 1. The summed E-state index contributed by atoms with van der Waals surface area (Å²) < 4.78 is 32.4. The van der Waals surface area contributed by atoms with Gasteiger partial charge in [0, 0.05) is 38.9 Å². The van der Waals surface area contributed by atoms with Gasteiger partial charge in [-0.25, -0.2) is 8.42 Å². The first-order chi connectivity index (χ1) is 10.9. The summed E-state index contributed by atoms with van der Waals surface area (Å²) in [6, 6.07) is 5.88. The summed E-state index contributed by atoms with van der Waals surface area (Å²) in [5.41, 5.74) is 6.32. The molecule has 0 radical (unpaired) electrons. The Kier molecular flexibility index (Phi) is 5.74. The van der Waals surface area contributed by atoms with Crippen molar-refractivity contribution in [3.05, 3.63) is 24.3 Å². The predicted octanol–water partition coefficient (Wildman–Crippen LogP) is 0.772. The van der Waals surface area contributed by atoms with Gasteiger partial charge in [0.25, 0.3) is 0 Å². The molecule has 128 valence electrons. The number of sulfonamides is 1. The van der Waals surface area contributed by atoms with Crippen LogP contribution in [0.5, 0.6) is 0 Å². The molecule has 1 heterocycles. The molecule has 1 aromatic carbocycles. The van der Waals surface area contributed by atoms with Crippen molar-refractivity contribution in [1.29, 1.82) is 0 Å². The van der Waals surface area contributed by atoms with Crippen LogP contribution in [-0.2, 0) is 19.6 Å². The Morgan fingerprint density at radius 3 is 2.57 bits per heavy atom. The molecule has 2 atom stereocenters. The minimum Gasteiger partial charge on any atom is -0.381 e. The highest BCUT2D eigenvalue weighted by molar-refractivity contribution is 7.89.